The first kappa shape index (κ1) is 21.6. The number of carbonyl (C=O) groups is 1. The number of halogens is 2. The number of furan rings is 1. The third kappa shape index (κ3) is 6.20. The van der Waals surface area contributed by atoms with E-state index in [0.717, 1.165) is 18.0 Å². The van der Waals surface area contributed by atoms with Gasteiger partial charge in [-0.05, 0) is 24.3 Å². The summed E-state index contributed by atoms with van der Waals surface area (Å²) < 4.78 is 15.7. The molecule has 156 valence electrons. The lowest BCUT2D eigenvalue weighted by Gasteiger charge is -2.05. The third-order valence-corrected chi connectivity index (χ3v) is 4.54. The van der Waals surface area contributed by atoms with Crippen molar-refractivity contribution in [1.29, 1.82) is 0 Å². The molecular formula is C16H11Cl2N5O6S. The summed E-state index contributed by atoms with van der Waals surface area (Å²) in [7, 11) is 0. The van der Waals surface area contributed by atoms with Crippen molar-refractivity contribution in [2.75, 3.05) is 5.75 Å². The number of nitrogens with one attached hydrogen (secondary N) is 1. The number of nitro groups is 1. The molecule has 3 aromatic rings. The molecule has 11 nitrogen and oxygen atoms in total. The average Bonchev–Trinajstić information content (AvgIpc) is 3.35. The summed E-state index contributed by atoms with van der Waals surface area (Å²) in [5.41, 5.74) is 2.24. The summed E-state index contributed by atoms with van der Waals surface area (Å²) in [5, 5.41) is 22.8. The van der Waals surface area contributed by atoms with E-state index in [-0.39, 0.29) is 29.2 Å². The van der Waals surface area contributed by atoms with Crippen LogP contribution >= 0.6 is 35.0 Å². The SMILES string of the molecule is O=C(CSc1nnc(COc2ccc(Cl)cc2Cl)o1)N/N=C\c1ccc([N+](=O)[O-])o1. The Labute approximate surface area is 182 Å². The lowest BCUT2D eigenvalue weighted by atomic mass is 10.3. The van der Waals surface area contributed by atoms with Crippen molar-refractivity contribution in [2.24, 2.45) is 5.10 Å². The maximum atomic E-state index is 11.8. The van der Waals surface area contributed by atoms with Crippen molar-refractivity contribution in [3.8, 4) is 5.75 Å². The number of benzene rings is 1. The van der Waals surface area contributed by atoms with Crippen LogP contribution in [-0.4, -0.2) is 33.0 Å². The van der Waals surface area contributed by atoms with Crippen LogP contribution < -0.4 is 10.2 Å². The van der Waals surface area contributed by atoms with Crippen LogP contribution in [0, 0.1) is 10.1 Å². The second-order valence-electron chi connectivity index (χ2n) is 5.34. The van der Waals surface area contributed by atoms with Gasteiger partial charge in [0.1, 0.15) is 10.7 Å². The number of carbonyl (C=O) groups excluding carboxylic acids is 1. The largest absolute Gasteiger partial charge is 0.482 e. The maximum absolute atomic E-state index is 11.8. The number of hydrogen-bond donors (Lipinski definition) is 1. The molecule has 0 fully saturated rings. The Balaban J connectivity index is 1.42. The van der Waals surface area contributed by atoms with Crippen LogP contribution in [-0.2, 0) is 11.4 Å². The first-order valence-corrected chi connectivity index (χ1v) is 9.74. The van der Waals surface area contributed by atoms with Gasteiger partial charge in [0.15, 0.2) is 12.4 Å². The van der Waals surface area contributed by atoms with Crippen LogP contribution in [0.5, 0.6) is 5.75 Å². The van der Waals surface area contributed by atoms with Crippen molar-refractivity contribution >= 4 is 53.0 Å². The minimum absolute atomic E-state index is 0.0132. The monoisotopic (exact) mass is 471 g/mol. The average molecular weight is 472 g/mol. The van der Waals surface area contributed by atoms with Crippen molar-refractivity contribution < 1.29 is 23.3 Å². The minimum atomic E-state index is -0.680. The highest BCUT2D eigenvalue weighted by Gasteiger charge is 2.12. The highest BCUT2D eigenvalue weighted by Crippen LogP contribution is 2.28. The summed E-state index contributed by atoms with van der Waals surface area (Å²) in [6.45, 7) is -0.0132. The Kier molecular flexibility index (Phi) is 7.27. The van der Waals surface area contributed by atoms with Gasteiger partial charge in [-0.25, -0.2) is 5.43 Å². The van der Waals surface area contributed by atoms with E-state index in [0.29, 0.717) is 15.8 Å². The van der Waals surface area contributed by atoms with Crippen LogP contribution in [0.4, 0.5) is 5.88 Å². The number of nitrogens with zero attached hydrogens (tertiary/aromatic N) is 4. The van der Waals surface area contributed by atoms with Gasteiger partial charge in [-0.15, -0.1) is 10.2 Å². The quantitative estimate of drug-likeness (QED) is 0.213. The maximum Gasteiger partial charge on any atom is 0.433 e. The molecule has 0 saturated heterocycles. The molecule has 0 saturated carbocycles. The van der Waals surface area contributed by atoms with Gasteiger partial charge >= 0.3 is 5.88 Å². The Bertz CT molecular complexity index is 1090. The number of hydrogen-bond acceptors (Lipinski definition) is 10. The fraction of sp³-hybridized carbons (Fsp3) is 0.125. The molecule has 2 heterocycles. The second-order valence-corrected chi connectivity index (χ2v) is 7.11. The number of amides is 1. The molecule has 0 bridgehead atoms. The molecule has 1 amide bonds. The molecule has 0 radical (unpaired) electrons. The molecule has 3 rings (SSSR count). The van der Waals surface area contributed by atoms with E-state index >= 15 is 0 Å². The first-order valence-electron chi connectivity index (χ1n) is 8.00. The predicted octanol–water partition coefficient (Wildman–Crippen LogP) is 3.70. The zero-order valence-corrected chi connectivity index (χ0v) is 17.1. The second kappa shape index (κ2) is 10.1. The summed E-state index contributed by atoms with van der Waals surface area (Å²) in [5.74, 6) is -0.207. The van der Waals surface area contributed by atoms with Crippen molar-refractivity contribution in [2.45, 2.75) is 11.8 Å². The number of ether oxygens (including phenoxy) is 1. The molecule has 0 unspecified atom stereocenters. The molecule has 0 aliphatic carbocycles. The molecule has 1 aromatic carbocycles. The number of thioether (sulfide) groups is 1. The zero-order chi connectivity index (χ0) is 21.5. The summed E-state index contributed by atoms with van der Waals surface area (Å²) >= 11 is 12.8. The molecule has 0 aliphatic heterocycles. The normalized spacial score (nSPS) is 11.0. The van der Waals surface area contributed by atoms with Crippen LogP contribution in [0.25, 0.3) is 0 Å². The molecule has 14 heteroatoms. The lowest BCUT2D eigenvalue weighted by Crippen LogP contribution is -2.19. The molecule has 0 atom stereocenters. The van der Waals surface area contributed by atoms with Gasteiger partial charge in [0.25, 0.3) is 17.0 Å². The van der Waals surface area contributed by atoms with Crippen LogP contribution in [0.15, 0.2) is 49.5 Å². The molecule has 1 N–H and O–H groups in total. The standard InChI is InChI=1S/C16H11Cl2N5O6S/c17-9-1-3-12(11(18)5-9)27-7-14-21-22-16(29-14)30-8-13(24)20-19-6-10-2-4-15(28-10)23(25)26/h1-6H,7-8H2,(H,20,24)/b19-6-. The van der Waals surface area contributed by atoms with Gasteiger partial charge in [-0.1, -0.05) is 35.0 Å². The van der Waals surface area contributed by atoms with E-state index < -0.39 is 16.7 Å². The van der Waals surface area contributed by atoms with E-state index in [1.54, 1.807) is 18.2 Å². The van der Waals surface area contributed by atoms with Crippen LogP contribution in [0.3, 0.4) is 0 Å². The van der Waals surface area contributed by atoms with E-state index in [1.807, 2.05) is 0 Å². The summed E-state index contributed by atoms with van der Waals surface area (Å²) in [6, 6.07) is 7.31. The van der Waals surface area contributed by atoms with Gasteiger partial charge in [0.2, 0.25) is 0 Å². The van der Waals surface area contributed by atoms with Gasteiger partial charge in [-0.3, -0.25) is 14.9 Å². The Hall–Kier alpha value is -3.09. The molecule has 2 aromatic heterocycles. The molecule has 0 spiro atoms. The first-order chi connectivity index (χ1) is 14.4. The Morgan fingerprint density at radius 3 is 2.87 bits per heavy atom. The Morgan fingerprint density at radius 1 is 1.30 bits per heavy atom. The van der Waals surface area contributed by atoms with Crippen molar-refractivity contribution in [3.05, 3.63) is 62.1 Å². The van der Waals surface area contributed by atoms with Crippen LogP contribution in [0.1, 0.15) is 11.7 Å². The van der Waals surface area contributed by atoms with E-state index in [9.17, 15) is 14.9 Å². The number of hydrazone groups is 1. The smallest absolute Gasteiger partial charge is 0.433 e. The topological polar surface area (TPSA) is 146 Å². The van der Waals surface area contributed by atoms with Crippen molar-refractivity contribution in [1.82, 2.24) is 15.6 Å². The predicted molar refractivity (Wildman–Crippen MR) is 107 cm³/mol. The lowest BCUT2D eigenvalue weighted by molar-refractivity contribution is -0.402. The fourth-order valence-electron chi connectivity index (χ4n) is 1.92. The molecule has 0 aliphatic rings. The molecule has 30 heavy (non-hydrogen) atoms. The van der Waals surface area contributed by atoms with E-state index in [4.69, 9.17) is 36.8 Å². The highest BCUT2D eigenvalue weighted by molar-refractivity contribution is 7.99. The fourth-order valence-corrected chi connectivity index (χ4v) is 2.96. The van der Waals surface area contributed by atoms with Gasteiger partial charge in [0, 0.05) is 5.02 Å². The van der Waals surface area contributed by atoms with E-state index in [2.05, 4.69) is 20.7 Å². The zero-order valence-electron chi connectivity index (χ0n) is 14.8. The van der Waals surface area contributed by atoms with Gasteiger partial charge in [0.05, 0.1) is 23.1 Å². The number of rotatable bonds is 9. The van der Waals surface area contributed by atoms with Gasteiger partial charge in [-0.2, -0.15) is 5.10 Å². The third-order valence-electron chi connectivity index (χ3n) is 3.19. The van der Waals surface area contributed by atoms with Gasteiger partial charge < -0.3 is 13.6 Å². The van der Waals surface area contributed by atoms with E-state index in [1.165, 1.54) is 12.1 Å². The minimum Gasteiger partial charge on any atom is -0.482 e. The van der Waals surface area contributed by atoms with Crippen LogP contribution in [0.2, 0.25) is 10.0 Å². The Morgan fingerprint density at radius 2 is 2.13 bits per heavy atom. The summed E-state index contributed by atoms with van der Waals surface area (Å²) in [4.78, 5) is 21.6. The number of aromatic nitrogens is 2. The summed E-state index contributed by atoms with van der Waals surface area (Å²) in [6.07, 6.45) is 1.14. The molecular weight excluding hydrogens is 461 g/mol. The highest BCUT2D eigenvalue weighted by atomic mass is 35.5. The van der Waals surface area contributed by atoms with Crippen molar-refractivity contribution in [3.63, 3.8) is 0 Å².